The number of hydrogen-bond donors (Lipinski definition) is 0. The molecule has 1 rings (SSSR count). The Morgan fingerprint density at radius 1 is 1.14 bits per heavy atom. The molecule has 1 aromatic rings. The Kier molecular flexibility index (Phi) is 4.59. The highest BCUT2D eigenvalue weighted by Crippen LogP contribution is 2.30. The Morgan fingerprint density at radius 3 is 2.50 bits per heavy atom. The van der Waals surface area contributed by atoms with Crippen LogP contribution in [0.3, 0.4) is 0 Å². The van der Waals surface area contributed by atoms with Crippen molar-refractivity contribution in [2.75, 3.05) is 26.2 Å². The van der Waals surface area contributed by atoms with Crippen LogP contribution in [-0.2, 0) is 0 Å². The zero-order valence-corrected chi connectivity index (χ0v) is 9.83. The van der Waals surface area contributed by atoms with Crippen molar-refractivity contribution in [1.82, 2.24) is 0 Å². The van der Waals surface area contributed by atoms with Gasteiger partial charge in [0.25, 0.3) is 0 Å². The van der Waals surface area contributed by atoms with E-state index in [4.69, 9.17) is 14.2 Å². The molecular formula is C10H13BrO3. The van der Waals surface area contributed by atoms with Crippen LogP contribution in [0.15, 0.2) is 18.2 Å². The van der Waals surface area contributed by atoms with Crippen molar-refractivity contribution in [3.63, 3.8) is 0 Å². The monoisotopic (exact) mass is 260 g/mol. The van der Waals surface area contributed by atoms with E-state index in [1.807, 2.05) is 12.1 Å². The van der Waals surface area contributed by atoms with Crippen molar-refractivity contribution in [2.24, 2.45) is 0 Å². The molecule has 78 valence electrons. The van der Waals surface area contributed by atoms with Crippen LogP contribution in [0.25, 0.3) is 0 Å². The smallest absolute Gasteiger partial charge is 0.164 e. The minimum Gasteiger partial charge on any atom is -0.497 e. The lowest BCUT2D eigenvalue weighted by Gasteiger charge is -2.10. The number of methoxy groups -OCH3 is 2. The quantitative estimate of drug-likeness (QED) is 0.762. The molecule has 0 aliphatic carbocycles. The zero-order valence-electron chi connectivity index (χ0n) is 8.25. The first-order chi connectivity index (χ1) is 6.81. The molecule has 0 amide bonds. The van der Waals surface area contributed by atoms with Crippen molar-refractivity contribution in [3.8, 4) is 17.2 Å². The highest BCUT2D eigenvalue weighted by Gasteiger charge is 2.05. The molecule has 0 fully saturated rings. The average Bonchev–Trinajstić information content (AvgIpc) is 2.26. The molecule has 4 heteroatoms. The second-order valence-electron chi connectivity index (χ2n) is 2.55. The molecule has 0 saturated heterocycles. The molecule has 0 aliphatic rings. The number of rotatable bonds is 5. The van der Waals surface area contributed by atoms with E-state index in [2.05, 4.69) is 15.9 Å². The number of hydrogen-bond acceptors (Lipinski definition) is 3. The van der Waals surface area contributed by atoms with Gasteiger partial charge >= 0.3 is 0 Å². The fourth-order valence-electron chi connectivity index (χ4n) is 1.04. The summed E-state index contributed by atoms with van der Waals surface area (Å²) in [5.41, 5.74) is 0. The molecule has 0 unspecified atom stereocenters. The number of halogens is 1. The van der Waals surface area contributed by atoms with E-state index in [0.717, 1.165) is 16.8 Å². The highest BCUT2D eigenvalue weighted by molar-refractivity contribution is 9.09. The Bertz CT molecular complexity index is 289. The molecule has 0 bridgehead atoms. The molecule has 0 N–H and O–H groups in total. The molecule has 0 spiro atoms. The standard InChI is InChI=1S/C10H13BrO3/c1-12-8-3-4-9(14-6-5-11)10(7-8)13-2/h3-4,7H,5-6H2,1-2H3. The third-order valence-corrected chi connectivity index (χ3v) is 2.03. The third kappa shape index (κ3) is 2.80. The van der Waals surface area contributed by atoms with Gasteiger partial charge in [-0.3, -0.25) is 0 Å². The van der Waals surface area contributed by atoms with Crippen molar-refractivity contribution in [2.45, 2.75) is 0 Å². The lowest BCUT2D eigenvalue weighted by atomic mass is 10.3. The summed E-state index contributed by atoms with van der Waals surface area (Å²) in [6.07, 6.45) is 0. The Labute approximate surface area is 92.1 Å². The highest BCUT2D eigenvalue weighted by atomic mass is 79.9. The molecule has 0 saturated carbocycles. The lowest BCUT2D eigenvalue weighted by molar-refractivity contribution is 0.312. The van der Waals surface area contributed by atoms with Crippen LogP contribution in [0.5, 0.6) is 17.2 Å². The maximum absolute atomic E-state index is 5.45. The van der Waals surface area contributed by atoms with Crippen LogP contribution in [0.1, 0.15) is 0 Å². The Hall–Kier alpha value is -0.900. The molecule has 0 atom stereocenters. The summed E-state index contributed by atoms with van der Waals surface area (Å²) in [5, 5.41) is 0.794. The fraction of sp³-hybridized carbons (Fsp3) is 0.400. The van der Waals surface area contributed by atoms with Gasteiger partial charge in [-0.25, -0.2) is 0 Å². The van der Waals surface area contributed by atoms with Gasteiger partial charge < -0.3 is 14.2 Å². The predicted molar refractivity (Wildman–Crippen MR) is 58.8 cm³/mol. The molecule has 14 heavy (non-hydrogen) atoms. The van der Waals surface area contributed by atoms with Gasteiger partial charge in [-0.2, -0.15) is 0 Å². The molecule has 0 heterocycles. The van der Waals surface area contributed by atoms with Gasteiger partial charge in [-0.15, -0.1) is 0 Å². The van der Waals surface area contributed by atoms with E-state index in [1.165, 1.54) is 0 Å². The number of benzene rings is 1. The lowest BCUT2D eigenvalue weighted by Crippen LogP contribution is -1.99. The SMILES string of the molecule is COc1ccc(OCCBr)c(OC)c1. The first-order valence-electron chi connectivity index (χ1n) is 4.22. The van der Waals surface area contributed by atoms with Crippen LogP contribution in [0.2, 0.25) is 0 Å². The summed E-state index contributed by atoms with van der Waals surface area (Å²) in [5.74, 6) is 2.17. The first kappa shape index (κ1) is 11.2. The first-order valence-corrected chi connectivity index (χ1v) is 5.34. The Balaban J connectivity index is 2.82. The van der Waals surface area contributed by atoms with Gasteiger partial charge in [-0.1, -0.05) is 15.9 Å². The van der Waals surface area contributed by atoms with Crippen LogP contribution in [-0.4, -0.2) is 26.2 Å². The molecule has 0 aliphatic heterocycles. The maximum atomic E-state index is 5.45. The normalized spacial score (nSPS) is 9.64. The van der Waals surface area contributed by atoms with Crippen molar-refractivity contribution in [3.05, 3.63) is 18.2 Å². The van der Waals surface area contributed by atoms with E-state index in [-0.39, 0.29) is 0 Å². The zero-order chi connectivity index (χ0) is 10.4. The summed E-state index contributed by atoms with van der Waals surface area (Å²) >= 11 is 3.29. The minimum absolute atomic E-state index is 0.614. The van der Waals surface area contributed by atoms with Gasteiger partial charge in [0, 0.05) is 11.4 Å². The topological polar surface area (TPSA) is 27.7 Å². The second-order valence-corrected chi connectivity index (χ2v) is 3.35. The maximum Gasteiger partial charge on any atom is 0.164 e. The van der Waals surface area contributed by atoms with Crippen molar-refractivity contribution >= 4 is 15.9 Å². The van der Waals surface area contributed by atoms with Gasteiger partial charge in [0.05, 0.1) is 20.8 Å². The number of ether oxygens (including phenoxy) is 3. The molecule has 0 radical (unpaired) electrons. The van der Waals surface area contributed by atoms with E-state index >= 15 is 0 Å². The summed E-state index contributed by atoms with van der Waals surface area (Å²) in [6, 6.07) is 5.47. The van der Waals surface area contributed by atoms with E-state index in [0.29, 0.717) is 12.4 Å². The molecular weight excluding hydrogens is 248 g/mol. The van der Waals surface area contributed by atoms with Gasteiger partial charge in [-0.05, 0) is 12.1 Å². The van der Waals surface area contributed by atoms with Crippen molar-refractivity contribution in [1.29, 1.82) is 0 Å². The third-order valence-electron chi connectivity index (χ3n) is 1.71. The van der Waals surface area contributed by atoms with Gasteiger partial charge in [0.15, 0.2) is 11.5 Å². The average molecular weight is 261 g/mol. The number of alkyl halides is 1. The van der Waals surface area contributed by atoms with Crippen LogP contribution < -0.4 is 14.2 Å². The second kappa shape index (κ2) is 5.75. The summed E-state index contributed by atoms with van der Waals surface area (Å²) in [6.45, 7) is 0.614. The van der Waals surface area contributed by atoms with E-state index in [9.17, 15) is 0 Å². The largest absolute Gasteiger partial charge is 0.497 e. The fourth-order valence-corrected chi connectivity index (χ4v) is 1.20. The van der Waals surface area contributed by atoms with Crippen LogP contribution >= 0.6 is 15.9 Å². The van der Waals surface area contributed by atoms with Gasteiger partial charge in [0.1, 0.15) is 5.75 Å². The Morgan fingerprint density at radius 2 is 1.93 bits per heavy atom. The van der Waals surface area contributed by atoms with E-state index < -0.39 is 0 Å². The summed E-state index contributed by atoms with van der Waals surface area (Å²) in [4.78, 5) is 0. The summed E-state index contributed by atoms with van der Waals surface area (Å²) in [7, 11) is 3.23. The van der Waals surface area contributed by atoms with Crippen LogP contribution in [0, 0.1) is 0 Å². The molecule has 1 aromatic carbocycles. The van der Waals surface area contributed by atoms with Crippen molar-refractivity contribution < 1.29 is 14.2 Å². The van der Waals surface area contributed by atoms with E-state index in [1.54, 1.807) is 20.3 Å². The van der Waals surface area contributed by atoms with Gasteiger partial charge in [0.2, 0.25) is 0 Å². The molecule has 3 nitrogen and oxygen atoms in total. The predicted octanol–water partition coefficient (Wildman–Crippen LogP) is 2.48. The molecule has 0 aromatic heterocycles. The minimum atomic E-state index is 0.614. The summed E-state index contributed by atoms with van der Waals surface area (Å²) < 4.78 is 15.7. The van der Waals surface area contributed by atoms with Crippen LogP contribution in [0.4, 0.5) is 0 Å².